The van der Waals surface area contributed by atoms with Crippen molar-refractivity contribution in [3.8, 4) is 0 Å². The van der Waals surface area contributed by atoms with Crippen LogP contribution < -0.4 is 0 Å². The van der Waals surface area contributed by atoms with Crippen molar-refractivity contribution < 1.29 is 9.53 Å². The van der Waals surface area contributed by atoms with Crippen molar-refractivity contribution >= 4 is 17.7 Å². The fourth-order valence-electron chi connectivity index (χ4n) is 0.948. The van der Waals surface area contributed by atoms with E-state index >= 15 is 0 Å². The SMILES string of the molecule is CC(C)C(=O)OCCSCc1ccncn1. The van der Waals surface area contributed by atoms with Crippen molar-refractivity contribution in [2.75, 3.05) is 12.4 Å². The molecular weight excluding hydrogens is 224 g/mol. The second kappa shape index (κ2) is 7.22. The second-order valence-corrected chi connectivity index (χ2v) is 4.68. The van der Waals surface area contributed by atoms with Crippen LogP contribution in [0, 0.1) is 5.92 Å². The van der Waals surface area contributed by atoms with Gasteiger partial charge in [-0.25, -0.2) is 9.97 Å². The first-order valence-corrected chi connectivity index (χ1v) is 6.35. The van der Waals surface area contributed by atoms with Crippen LogP contribution in [-0.2, 0) is 15.3 Å². The molecule has 88 valence electrons. The molecule has 0 fully saturated rings. The fraction of sp³-hybridized carbons (Fsp3) is 0.545. The third kappa shape index (κ3) is 5.11. The fourth-order valence-corrected chi connectivity index (χ4v) is 1.67. The van der Waals surface area contributed by atoms with Crippen LogP contribution in [0.2, 0.25) is 0 Å². The number of esters is 1. The molecule has 0 bridgehead atoms. The molecule has 0 atom stereocenters. The lowest BCUT2D eigenvalue weighted by Gasteiger charge is -2.06. The zero-order valence-electron chi connectivity index (χ0n) is 9.55. The molecule has 0 aliphatic carbocycles. The summed E-state index contributed by atoms with van der Waals surface area (Å²) in [7, 11) is 0. The average molecular weight is 240 g/mol. The Kier molecular flexibility index (Phi) is 5.85. The molecule has 1 heterocycles. The minimum Gasteiger partial charge on any atom is -0.465 e. The van der Waals surface area contributed by atoms with E-state index in [9.17, 15) is 4.79 Å². The van der Waals surface area contributed by atoms with Crippen LogP contribution in [0.25, 0.3) is 0 Å². The van der Waals surface area contributed by atoms with E-state index in [1.807, 2.05) is 19.9 Å². The molecule has 1 aromatic rings. The molecule has 0 N–H and O–H groups in total. The maximum absolute atomic E-state index is 11.1. The molecule has 0 unspecified atom stereocenters. The number of carbonyl (C=O) groups excluding carboxylic acids is 1. The number of nitrogens with zero attached hydrogens (tertiary/aromatic N) is 2. The van der Waals surface area contributed by atoms with Gasteiger partial charge in [-0.1, -0.05) is 13.8 Å². The van der Waals surface area contributed by atoms with Crippen LogP contribution in [0.1, 0.15) is 19.5 Å². The summed E-state index contributed by atoms with van der Waals surface area (Å²) >= 11 is 1.69. The quantitative estimate of drug-likeness (QED) is 0.561. The van der Waals surface area contributed by atoms with Crippen LogP contribution in [-0.4, -0.2) is 28.3 Å². The predicted molar refractivity (Wildman–Crippen MR) is 64.0 cm³/mol. The third-order valence-electron chi connectivity index (χ3n) is 1.84. The lowest BCUT2D eigenvalue weighted by Crippen LogP contribution is -2.13. The Bertz CT molecular complexity index is 317. The molecule has 0 saturated carbocycles. The Morgan fingerprint density at radius 2 is 2.38 bits per heavy atom. The highest BCUT2D eigenvalue weighted by molar-refractivity contribution is 7.98. The highest BCUT2D eigenvalue weighted by Crippen LogP contribution is 2.08. The van der Waals surface area contributed by atoms with Gasteiger partial charge in [-0.3, -0.25) is 4.79 Å². The summed E-state index contributed by atoms with van der Waals surface area (Å²) in [6, 6.07) is 1.88. The summed E-state index contributed by atoms with van der Waals surface area (Å²) in [5.74, 6) is 1.43. The minimum atomic E-state index is -0.136. The van der Waals surface area contributed by atoms with Crippen molar-refractivity contribution in [2.24, 2.45) is 5.92 Å². The molecule has 0 saturated heterocycles. The Balaban J connectivity index is 2.07. The van der Waals surface area contributed by atoms with Gasteiger partial charge in [-0.2, -0.15) is 11.8 Å². The van der Waals surface area contributed by atoms with Crippen LogP contribution in [0.5, 0.6) is 0 Å². The van der Waals surface area contributed by atoms with Gasteiger partial charge in [0.25, 0.3) is 0 Å². The van der Waals surface area contributed by atoms with Crippen LogP contribution in [0.3, 0.4) is 0 Å². The lowest BCUT2D eigenvalue weighted by atomic mass is 10.2. The van der Waals surface area contributed by atoms with Crippen LogP contribution in [0.4, 0.5) is 0 Å². The molecule has 1 rings (SSSR count). The largest absolute Gasteiger partial charge is 0.465 e. The van der Waals surface area contributed by atoms with E-state index in [2.05, 4.69) is 9.97 Å². The Morgan fingerprint density at radius 1 is 1.56 bits per heavy atom. The maximum atomic E-state index is 11.1. The molecule has 0 aromatic carbocycles. The number of rotatable bonds is 6. The van der Waals surface area contributed by atoms with Crippen molar-refractivity contribution in [3.63, 3.8) is 0 Å². The number of thioether (sulfide) groups is 1. The third-order valence-corrected chi connectivity index (χ3v) is 2.79. The number of hydrogen-bond acceptors (Lipinski definition) is 5. The van der Waals surface area contributed by atoms with Gasteiger partial charge in [0.1, 0.15) is 12.9 Å². The van der Waals surface area contributed by atoms with E-state index in [4.69, 9.17) is 4.74 Å². The van der Waals surface area contributed by atoms with E-state index in [0.29, 0.717) is 6.61 Å². The first-order chi connectivity index (χ1) is 7.70. The van der Waals surface area contributed by atoms with Gasteiger partial charge in [0, 0.05) is 17.7 Å². The zero-order valence-corrected chi connectivity index (χ0v) is 10.4. The number of hydrogen-bond donors (Lipinski definition) is 0. The van der Waals surface area contributed by atoms with Crippen molar-refractivity contribution in [2.45, 2.75) is 19.6 Å². The van der Waals surface area contributed by atoms with Gasteiger partial charge in [0.2, 0.25) is 0 Å². The smallest absolute Gasteiger partial charge is 0.308 e. The Labute approximate surface area is 99.8 Å². The summed E-state index contributed by atoms with van der Waals surface area (Å²) in [6.45, 7) is 4.12. The zero-order chi connectivity index (χ0) is 11.8. The Hall–Kier alpha value is -1.10. The monoisotopic (exact) mass is 240 g/mol. The summed E-state index contributed by atoms with van der Waals surface area (Å²) in [4.78, 5) is 19.1. The number of aromatic nitrogens is 2. The highest BCUT2D eigenvalue weighted by atomic mass is 32.2. The van der Waals surface area contributed by atoms with Crippen molar-refractivity contribution in [3.05, 3.63) is 24.3 Å². The number of carbonyl (C=O) groups is 1. The first kappa shape index (κ1) is 13.0. The molecular formula is C11H16N2O2S. The van der Waals surface area contributed by atoms with Gasteiger partial charge < -0.3 is 4.74 Å². The molecule has 0 aliphatic heterocycles. The van der Waals surface area contributed by atoms with Gasteiger partial charge in [0.15, 0.2) is 0 Å². The molecule has 5 heteroatoms. The Morgan fingerprint density at radius 3 is 3.00 bits per heavy atom. The average Bonchev–Trinajstić information content (AvgIpc) is 2.29. The topological polar surface area (TPSA) is 52.1 Å². The summed E-state index contributed by atoms with van der Waals surface area (Å²) < 4.78 is 5.05. The second-order valence-electron chi connectivity index (χ2n) is 3.58. The van der Waals surface area contributed by atoms with E-state index in [-0.39, 0.29) is 11.9 Å². The van der Waals surface area contributed by atoms with Crippen molar-refractivity contribution in [1.82, 2.24) is 9.97 Å². The predicted octanol–water partition coefficient (Wildman–Crippen LogP) is 1.91. The highest BCUT2D eigenvalue weighted by Gasteiger charge is 2.07. The van der Waals surface area contributed by atoms with E-state index < -0.39 is 0 Å². The standard InChI is InChI=1S/C11H16N2O2S/c1-9(2)11(14)15-5-6-16-7-10-3-4-12-8-13-10/h3-4,8-9H,5-7H2,1-2H3. The van der Waals surface area contributed by atoms with Crippen molar-refractivity contribution in [1.29, 1.82) is 0 Å². The van der Waals surface area contributed by atoms with E-state index in [0.717, 1.165) is 17.2 Å². The molecule has 4 nitrogen and oxygen atoms in total. The summed E-state index contributed by atoms with van der Waals surface area (Å²) in [6.07, 6.45) is 3.26. The van der Waals surface area contributed by atoms with Gasteiger partial charge in [-0.05, 0) is 6.07 Å². The van der Waals surface area contributed by atoms with E-state index in [1.54, 1.807) is 18.0 Å². The molecule has 1 aromatic heterocycles. The van der Waals surface area contributed by atoms with Crippen LogP contribution in [0.15, 0.2) is 18.6 Å². The van der Waals surface area contributed by atoms with Gasteiger partial charge in [0.05, 0.1) is 11.6 Å². The summed E-state index contributed by atoms with van der Waals surface area (Å²) in [5.41, 5.74) is 0.996. The molecule has 16 heavy (non-hydrogen) atoms. The van der Waals surface area contributed by atoms with E-state index in [1.165, 1.54) is 6.33 Å². The molecule has 0 aliphatic rings. The molecule has 0 radical (unpaired) electrons. The van der Waals surface area contributed by atoms with Gasteiger partial charge in [-0.15, -0.1) is 0 Å². The summed E-state index contributed by atoms with van der Waals surface area (Å²) in [5, 5.41) is 0. The first-order valence-electron chi connectivity index (χ1n) is 5.19. The molecule has 0 amide bonds. The normalized spacial score (nSPS) is 10.4. The van der Waals surface area contributed by atoms with Crippen LogP contribution >= 0.6 is 11.8 Å². The lowest BCUT2D eigenvalue weighted by molar-refractivity contribution is -0.146. The molecule has 0 spiro atoms. The number of ether oxygens (including phenoxy) is 1. The minimum absolute atomic E-state index is 0.0492. The maximum Gasteiger partial charge on any atom is 0.308 e. The van der Waals surface area contributed by atoms with Gasteiger partial charge >= 0.3 is 5.97 Å².